The molecule has 21 heavy (non-hydrogen) atoms. The average Bonchev–Trinajstić information content (AvgIpc) is 3.02. The Bertz CT molecular complexity index is 584. The van der Waals surface area contributed by atoms with Gasteiger partial charge in [0.05, 0.1) is 0 Å². The number of carbonyl (C=O) groups is 2. The van der Waals surface area contributed by atoms with Gasteiger partial charge in [-0.2, -0.15) is 11.3 Å². The maximum absolute atomic E-state index is 12.0. The van der Waals surface area contributed by atoms with Crippen LogP contribution in [0, 0.1) is 0 Å². The van der Waals surface area contributed by atoms with Crippen molar-refractivity contribution in [2.75, 3.05) is 13.6 Å². The third-order valence-electron chi connectivity index (χ3n) is 2.98. The van der Waals surface area contributed by atoms with E-state index in [1.165, 1.54) is 11.3 Å². The summed E-state index contributed by atoms with van der Waals surface area (Å²) in [5, 5.41) is 6.37. The Morgan fingerprint density at radius 2 is 2.24 bits per heavy atom. The second-order valence-electron chi connectivity index (χ2n) is 4.63. The van der Waals surface area contributed by atoms with Gasteiger partial charge in [-0.3, -0.25) is 14.6 Å². The molecule has 0 saturated carbocycles. The van der Waals surface area contributed by atoms with Crippen LogP contribution < -0.4 is 5.32 Å². The minimum atomic E-state index is -0.140. The number of pyridine rings is 1. The predicted octanol–water partition coefficient (Wildman–Crippen LogP) is 1.92. The first-order valence-corrected chi connectivity index (χ1v) is 7.54. The molecule has 0 aliphatic heterocycles. The Balaban J connectivity index is 1.73. The lowest BCUT2D eigenvalue weighted by atomic mass is 10.2. The highest BCUT2D eigenvalue weighted by Gasteiger charge is 2.10. The topological polar surface area (TPSA) is 62.3 Å². The molecule has 1 N–H and O–H groups in total. The summed E-state index contributed by atoms with van der Waals surface area (Å²) in [5.41, 5.74) is 1.62. The third kappa shape index (κ3) is 4.68. The molecule has 6 heteroatoms. The van der Waals surface area contributed by atoms with Crippen molar-refractivity contribution in [1.82, 2.24) is 15.2 Å². The van der Waals surface area contributed by atoms with E-state index in [1.54, 1.807) is 35.8 Å². The fourth-order valence-corrected chi connectivity index (χ4v) is 2.46. The molecule has 2 amide bonds. The molecule has 0 spiro atoms. The standard InChI is InChI=1S/C15H17N3O2S/c1-18(10-12-3-2-6-16-9-12)14(19)4-7-17-15(20)13-5-8-21-11-13/h2-3,5-6,8-9,11H,4,7,10H2,1H3,(H,17,20). The summed E-state index contributed by atoms with van der Waals surface area (Å²) in [5.74, 6) is -0.150. The molecule has 0 fully saturated rings. The van der Waals surface area contributed by atoms with Gasteiger partial charge in [0, 0.05) is 49.9 Å². The predicted molar refractivity (Wildman–Crippen MR) is 82.0 cm³/mol. The number of nitrogens with one attached hydrogen (secondary N) is 1. The molecule has 0 aromatic carbocycles. The minimum Gasteiger partial charge on any atom is -0.351 e. The number of hydrogen-bond donors (Lipinski definition) is 1. The highest BCUT2D eigenvalue weighted by molar-refractivity contribution is 7.08. The first kappa shape index (κ1) is 15.2. The highest BCUT2D eigenvalue weighted by Crippen LogP contribution is 2.05. The van der Waals surface area contributed by atoms with E-state index >= 15 is 0 Å². The van der Waals surface area contributed by atoms with Crippen molar-refractivity contribution in [2.45, 2.75) is 13.0 Å². The van der Waals surface area contributed by atoms with Crippen LogP contribution in [0.5, 0.6) is 0 Å². The summed E-state index contributed by atoms with van der Waals surface area (Å²) in [7, 11) is 1.75. The zero-order chi connectivity index (χ0) is 15.1. The SMILES string of the molecule is CN(Cc1cccnc1)C(=O)CCNC(=O)c1ccsc1. The van der Waals surface area contributed by atoms with Crippen LogP contribution in [0.1, 0.15) is 22.3 Å². The highest BCUT2D eigenvalue weighted by atomic mass is 32.1. The summed E-state index contributed by atoms with van der Waals surface area (Å²) in [4.78, 5) is 29.3. The molecule has 110 valence electrons. The second kappa shape index (κ2) is 7.54. The maximum atomic E-state index is 12.0. The Morgan fingerprint density at radius 1 is 1.38 bits per heavy atom. The van der Waals surface area contributed by atoms with Gasteiger partial charge in [-0.15, -0.1) is 0 Å². The van der Waals surface area contributed by atoms with Crippen molar-refractivity contribution >= 4 is 23.2 Å². The molecule has 2 rings (SSSR count). The number of thiophene rings is 1. The smallest absolute Gasteiger partial charge is 0.252 e. The van der Waals surface area contributed by atoms with Crippen molar-refractivity contribution in [1.29, 1.82) is 0 Å². The average molecular weight is 303 g/mol. The van der Waals surface area contributed by atoms with E-state index in [2.05, 4.69) is 10.3 Å². The van der Waals surface area contributed by atoms with Gasteiger partial charge in [-0.1, -0.05) is 6.07 Å². The fourth-order valence-electron chi connectivity index (χ4n) is 1.82. The molecular weight excluding hydrogens is 286 g/mol. The Labute approximate surface area is 127 Å². The van der Waals surface area contributed by atoms with Gasteiger partial charge < -0.3 is 10.2 Å². The van der Waals surface area contributed by atoms with Crippen LogP contribution in [0.25, 0.3) is 0 Å². The van der Waals surface area contributed by atoms with Crippen molar-refractivity contribution in [3.8, 4) is 0 Å². The number of aromatic nitrogens is 1. The number of nitrogens with zero attached hydrogens (tertiary/aromatic N) is 2. The number of carbonyl (C=O) groups excluding carboxylic acids is 2. The quantitative estimate of drug-likeness (QED) is 0.887. The summed E-state index contributed by atoms with van der Waals surface area (Å²) < 4.78 is 0. The molecule has 5 nitrogen and oxygen atoms in total. The van der Waals surface area contributed by atoms with E-state index in [9.17, 15) is 9.59 Å². The zero-order valence-corrected chi connectivity index (χ0v) is 12.6. The van der Waals surface area contributed by atoms with Gasteiger partial charge in [-0.25, -0.2) is 0 Å². The molecule has 2 heterocycles. The van der Waals surface area contributed by atoms with Crippen molar-refractivity contribution in [3.63, 3.8) is 0 Å². The van der Waals surface area contributed by atoms with Crippen molar-refractivity contribution < 1.29 is 9.59 Å². The lowest BCUT2D eigenvalue weighted by Gasteiger charge is -2.17. The molecule has 0 radical (unpaired) electrons. The van der Waals surface area contributed by atoms with Crippen LogP contribution in [0.2, 0.25) is 0 Å². The van der Waals surface area contributed by atoms with Crippen molar-refractivity contribution in [2.24, 2.45) is 0 Å². The maximum Gasteiger partial charge on any atom is 0.252 e. The zero-order valence-electron chi connectivity index (χ0n) is 11.8. The van der Waals surface area contributed by atoms with Crippen LogP contribution >= 0.6 is 11.3 Å². The third-order valence-corrected chi connectivity index (χ3v) is 3.66. The van der Waals surface area contributed by atoms with Crippen LogP contribution in [0.3, 0.4) is 0 Å². The lowest BCUT2D eigenvalue weighted by Crippen LogP contribution is -2.31. The van der Waals surface area contributed by atoms with Gasteiger partial charge >= 0.3 is 0 Å². The lowest BCUT2D eigenvalue weighted by molar-refractivity contribution is -0.130. The van der Waals surface area contributed by atoms with E-state index in [0.717, 1.165) is 5.56 Å². The summed E-state index contributed by atoms with van der Waals surface area (Å²) in [6.45, 7) is 0.857. The number of amides is 2. The van der Waals surface area contributed by atoms with Crippen molar-refractivity contribution in [3.05, 3.63) is 52.5 Å². The van der Waals surface area contributed by atoms with Gasteiger partial charge in [0.2, 0.25) is 5.91 Å². The molecule has 2 aromatic heterocycles. The summed E-state index contributed by atoms with van der Waals surface area (Å²) in [6.07, 6.45) is 3.72. The summed E-state index contributed by atoms with van der Waals surface area (Å²) in [6, 6.07) is 5.53. The first-order valence-electron chi connectivity index (χ1n) is 6.60. The molecule has 0 aliphatic carbocycles. The van der Waals surface area contributed by atoms with Gasteiger partial charge in [-0.05, 0) is 23.1 Å². The van der Waals surface area contributed by atoms with E-state index in [1.807, 2.05) is 17.5 Å². The van der Waals surface area contributed by atoms with Crippen LogP contribution in [0.15, 0.2) is 41.4 Å². The molecule has 2 aromatic rings. The molecular formula is C15H17N3O2S. The Kier molecular flexibility index (Phi) is 5.45. The van der Waals surface area contributed by atoms with E-state index in [-0.39, 0.29) is 18.2 Å². The van der Waals surface area contributed by atoms with Gasteiger partial charge in [0.1, 0.15) is 0 Å². The Hall–Kier alpha value is -2.21. The number of rotatable bonds is 6. The van der Waals surface area contributed by atoms with Crippen LogP contribution in [-0.4, -0.2) is 35.3 Å². The van der Waals surface area contributed by atoms with Crippen LogP contribution in [-0.2, 0) is 11.3 Å². The second-order valence-corrected chi connectivity index (χ2v) is 5.41. The molecule has 0 saturated heterocycles. The molecule has 0 atom stereocenters. The Morgan fingerprint density at radius 3 is 2.90 bits per heavy atom. The monoisotopic (exact) mass is 303 g/mol. The summed E-state index contributed by atoms with van der Waals surface area (Å²) >= 11 is 1.47. The minimum absolute atomic E-state index is 0.00975. The largest absolute Gasteiger partial charge is 0.351 e. The molecule has 0 unspecified atom stereocenters. The molecule has 0 aliphatic rings. The van der Waals surface area contributed by atoms with E-state index in [0.29, 0.717) is 18.7 Å². The van der Waals surface area contributed by atoms with E-state index < -0.39 is 0 Å². The van der Waals surface area contributed by atoms with Crippen LogP contribution in [0.4, 0.5) is 0 Å². The van der Waals surface area contributed by atoms with Gasteiger partial charge in [0.25, 0.3) is 5.91 Å². The molecule has 0 bridgehead atoms. The normalized spacial score (nSPS) is 10.1. The van der Waals surface area contributed by atoms with Gasteiger partial charge in [0.15, 0.2) is 0 Å². The van der Waals surface area contributed by atoms with E-state index in [4.69, 9.17) is 0 Å². The number of hydrogen-bond acceptors (Lipinski definition) is 4. The fraction of sp³-hybridized carbons (Fsp3) is 0.267. The first-order chi connectivity index (χ1) is 10.2.